The number of hydrogen-bond donors (Lipinski definition) is 4. The highest BCUT2D eigenvalue weighted by atomic mass is 31.2. The van der Waals surface area contributed by atoms with Crippen molar-refractivity contribution in [2.75, 3.05) is 6.16 Å². The molecule has 0 bridgehead atoms. The number of rotatable bonds is 4. The van der Waals surface area contributed by atoms with E-state index >= 15 is 0 Å². The second-order valence-corrected chi connectivity index (χ2v) is 3.87. The molecule has 0 amide bonds. The molecule has 0 radical (unpaired) electrons. The molecule has 0 aromatic carbocycles. The van der Waals surface area contributed by atoms with E-state index in [0.717, 1.165) is 0 Å². The van der Waals surface area contributed by atoms with E-state index in [2.05, 4.69) is 0 Å². The number of aliphatic hydroxyl groups excluding tert-OH is 1. The maximum atomic E-state index is 10.2. The van der Waals surface area contributed by atoms with E-state index in [9.17, 15) is 4.57 Å². The lowest BCUT2D eigenvalue weighted by atomic mass is 10.3. The van der Waals surface area contributed by atoms with E-state index in [4.69, 9.17) is 20.6 Å². The molecule has 6 heteroatoms. The Morgan fingerprint density at radius 1 is 1.50 bits per heavy atom. The minimum Gasteiger partial charge on any atom is -0.379 e. The van der Waals surface area contributed by atoms with Crippen LogP contribution in [0, 0.1) is 0 Å². The molecule has 10 heavy (non-hydrogen) atoms. The maximum absolute atomic E-state index is 10.2. The third kappa shape index (κ3) is 8.07. The summed E-state index contributed by atoms with van der Waals surface area (Å²) in [6, 6.07) is 0. The molecule has 0 aromatic heterocycles. The molecular weight excluding hydrogens is 157 g/mol. The van der Waals surface area contributed by atoms with Crippen molar-refractivity contribution < 1.29 is 19.5 Å². The Morgan fingerprint density at radius 2 is 2.00 bits per heavy atom. The van der Waals surface area contributed by atoms with Gasteiger partial charge >= 0.3 is 7.60 Å². The van der Waals surface area contributed by atoms with Gasteiger partial charge in [0.1, 0.15) is 6.23 Å². The van der Waals surface area contributed by atoms with E-state index in [1.54, 1.807) is 0 Å². The van der Waals surface area contributed by atoms with Gasteiger partial charge in [0.15, 0.2) is 0 Å². The summed E-state index contributed by atoms with van der Waals surface area (Å²) >= 11 is 0. The van der Waals surface area contributed by atoms with Gasteiger partial charge in [0.05, 0.1) is 0 Å². The van der Waals surface area contributed by atoms with Gasteiger partial charge < -0.3 is 20.6 Å². The Kier molecular flexibility index (Phi) is 4.08. The highest BCUT2D eigenvalue weighted by molar-refractivity contribution is 7.51. The second-order valence-electron chi connectivity index (χ2n) is 2.10. The fourth-order valence-electron chi connectivity index (χ4n) is 0.506. The first-order valence-electron chi connectivity index (χ1n) is 2.90. The average molecular weight is 169 g/mol. The predicted molar refractivity (Wildman–Crippen MR) is 36.3 cm³/mol. The highest BCUT2D eigenvalue weighted by Gasteiger charge is 2.11. The SMILES string of the molecule is NC(O)CCCP(=O)(O)O. The third-order valence-corrected chi connectivity index (χ3v) is 1.85. The van der Waals surface area contributed by atoms with E-state index in [-0.39, 0.29) is 19.0 Å². The Labute approximate surface area is 59.0 Å². The van der Waals surface area contributed by atoms with Crippen LogP contribution in [-0.4, -0.2) is 27.3 Å². The second kappa shape index (κ2) is 4.05. The van der Waals surface area contributed by atoms with Crippen LogP contribution >= 0.6 is 7.60 Å². The summed E-state index contributed by atoms with van der Waals surface area (Å²) < 4.78 is 10.2. The molecule has 1 unspecified atom stereocenters. The van der Waals surface area contributed by atoms with Gasteiger partial charge in [-0.15, -0.1) is 0 Å². The number of aliphatic hydroxyl groups is 1. The fraction of sp³-hybridized carbons (Fsp3) is 1.00. The summed E-state index contributed by atoms with van der Waals surface area (Å²) in [6.07, 6.45) is -0.694. The minimum atomic E-state index is -3.89. The highest BCUT2D eigenvalue weighted by Crippen LogP contribution is 2.35. The van der Waals surface area contributed by atoms with Crippen LogP contribution in [0.5, 0.6) is 0 Å². The Balaban J connectivity index is 3.30. The van der Waals surface area contributed by atoms with Crippen molar-refractivity contribution in [1.82, 2.24) is 0 Å². The lowest BCUT2D eigenvalue weighted by molar-refractivity contribution is 0.171. The Bertz CT molecular complexity index is 131. The van der Waals surface area contributed by atoms with E-state index in [0.29, 0.717) is 0 Å². The zero-order chi connectivity index (χ0) is 8.20. The van der Waals surface area contributed by atoms with Gasteiger partial charge in [-0.3, -0.25) is 4.57 Å². The van der Waals surface area contributed by atoms with Crippen molar-refractivity contribution in [2.45, 2.75) is 19.1 Å². The first-order valence-corrected chi connectivity index (χ1v) is 4.70. The fourth-order valence-corrected chi connectivity index (χ4v) is 1.10. The van der Waals surface area contributed by atoms with E-state index < -0.39 is 13.8 Å². The van der Waals surface area contributed by atoms with Crippen LogP contribution in [0.1, 0.15) is 12.8 Å². The van der Waals surface area contributed by atoms with Crippen LogP contribution in [-0.2, 0) is 4.57 Å². The van der Waals surface area contributed by atoms with Crippen molar-refractivity contribution in [2.24, 2.45) is 5.73 Å². The summed E-state index contributed by atoms with van der Waals surface area (Å²) in [4.78, 5) is 16.6. The van der Waals surface area contributed by atoms with Crippen LogP contribution in [0.2, 0.25) is 0 Å². The first-order chi connectivity index (χ1) is 4.42. The molecule has 0 rings (SSSR count). The summed E-state index contributed by atoms with van der Waals surface area (Å²) in [5.74, 6) is 0. The van der Waals surface area contributed by atoms with Gasteiger partial charge in [-0.05, 0) is 12.8 Å². The molecule has 5 N–H and O–H groups in total. The minimum absolute atomic E-state index is 0.207. The summed E-state index contributed by atoms with van der Waals surface area (Å²) in [6.45, 7) is 0. The van der Waals surface area contributed by atoms with Crippen LogP contribution in [0.25, 0.3) is 0 Å². The molecule has 1 atom stereocenters. The molecule has 0 saturated carbocycles. The summed E-state index contributed by atoms with van der Waals surface area (Å²) in [7, 11) is -3.89. The Hall–Kier alpha value is 0.0700. The molecule has 0 spiro atoms. The molecule has 0 saturated heterocycles. The van der Waals surface area contributed by atoms with Crippen molar-refractivity contribution in [3.05, 3.63) is 0 Å². The largest absolute Gasteiger partial charge is 0.379 e. The van der Waals surface area contributed by atoms with Crippen molar-refractivity contribution in [3.8, 4) is 0 Å². The molecule has 0 aliphatic heterocycles. The van der Waals surface area contributed by atoms with Gasteiger partial charge in [-0.25, -0.2) is 0 Å². The van der Waals surface area contributed by atoms with Crippen LogP contribution in [0.4, 0.5) is 0 Å². The van der Waals surface area contributed by atoms with Crippen molar-refractivity contribution in [1.29, 1.82) is 0 Å². The van der Waals surface area contributed by atoms with Crippen LogP contribution < -0.4 is 5.73 Å². The molecule has 5 nitrogen and oxygen atoms in total. The lowest BCUT2D eigenvalue weighted by Crippen LogP contribution is -2.18. The maximum Gasteiger partial charge on any atom is 0.325 e. The summed E-state index contributed by atoms with van der Waals surface area (Å²) in [5, 5.41) is 8.47. The van der Waals surface area contributed by atoms with Crippen LogP contribution in [0.3, 0.4) is 0 Å². The number of nitrogens with two attached hydrogens (primary N) is 1. The molecule has 62 valence electrons. The quantitative estimate of drug-likeness (QED) is 0.326. The molecular formula is C4H12NO4P. The average Bonchev–Trinajstić information content (AvgIpc) is 1.59. The normalized spacial score (nSPS) is 15.2. The molecule has 0 heterocycles. The van der Waals surface area contributed by atoms with Crippen molar-refractivity contribution in [3.63, 3.8) is 0 Å². The standard InChI is InChI=1S/C4H12NO4P/c5-4(6)2-1-3-10(7,8)9/h4,6H,1-3,5H2,(H2,7,8,9). The van der Waals surface area contributed by atoms with Gasteiger partial charge in [0.2, 0.25) is 0 Å². The summed E-state index contributed by atoms with van der Waals surface area (Å²) in [5.41, 5.74) is 4.92. The topological polar surface area (TPSA) is 104 Å². The zero-order valence-corrected chi connectivity index (χ0v) is 6.37. The predicted octanol–water partition coefficient (Wildman–Crippen LogP) is -0.779. The number of hydrogen-bond acceptors (Lipinski definition) is 3. The first kappa shape index (κ1) is 10.1. The van der Waals surface area contributed by atoms with Gasteiger partial charge in [-0.2, -0.15) is 0 Å². The lowest BCUT2D eigenvalue weighted by Gasteiger charge is -2.04. The molecule has 0 aliphatic rings. The van der Waals surface area contributed by atoms with Gasteiger partial charge in [-0.1, -0.05) is 0 Å². The van der Waals surface area contributed by atoms with Gasteiger partial charge in [0.25, 0.3) is 0 Å². The molecule has 0 aliphatic carbocycles. The molecule has 0 fully saturated rings. The van der Waals surface area contributed by atoms with Crippen molar-refractivity contribution >= 4 is 7.60 Å². The Morgan fingerprint density at radius 3 is 2.30 bits per heavy atom. The van der Waals surface area contributed by atoms with Gasteiger partial charge in [0, 0.05) is 6.16 Å². The van der Waals surface area contributed by atoms with E-state index in [1.165, 1.54) is 0 Å². The smallest absolute Gasteiger partial charge is 0.325 e. The zero-order valence-electron chi connectivity index (χ0n) is 5.47. The molecule has 0 aromatic rings. The third-order valence-electron chi connectivity index (χ3n) is 0.949. The van der Waals surface area contributed by atoms with E-state index in [1.807, 2.05) is 0 Å². The van der Waals surface area contributed by atoms with Crippen LogP contribution in [0.15, 0.2) is 0 Å². The monoisotopic (exact) mass is 169 g/mol.